The second-order valence-corrected chi connectivity index (χ2v) is 5.20. The lowest BCUT2D eigenvalue weighted by atomic mass is 10.2. The van der Waals surface area contributed by atoms with E-state index in [1.165, 1.54) is 12.8 Å². The van der Waals surface area contributed by atoms with Gasteiger partial charge in [0.25, 0.3) is 0 Å². The van der Waals surface area contributed by atoms with Crippen LogP contribution in [0.3, 0.4) is 0 Å². The third-order valence-electron chi connectivity index (χ3n) is 3.56. The number of benzene rings is 1. The van der Waals surface area contributed by atoms with Crippen LogP contribution >= 0.6 is 0 Å². The van der Waals surface area contributed by atoms with E-state index in [0.717, 1.165) is 25.2 Å². The van der Waals surface area contributed by atoms with E-state index in [1.807, 2.05) is 30.3 Å². The summed E-state index contributed by atoms with van der Waals surface area (Å²) in [5, 5.41) is 0. The van der Waals surface area contributed by atoms with Crippen molar-refractivity contribution < 1.29 is 4.79 Å². The fraction of sp³-hybridized carbons (Fsp3) is 0.471. The number of carbonyl (C=O) groups excluding carboxylic acids is 1. The number of nitrogens with zero attached hydrogens (tertiary/aromatic N) is 2. The van der Waals surface area contributed by atoms with E-state index >= 15 is 0 Å². The molecule has 0 atom stereocenters. The molecule has 1 saturated heterocycles. The fourth-order valence-corrected chi connectivity index (χ4v) is 2.34. The monoisotopic (exact) mass is 270 g/mol. The zero-order valence-corrected chi connectivity index (χ0v) is 12.1. The summed E-state index contributed by atoms with van der Waals surface area (Å²) < 4.78 is 0. The van der Waals surface area contributed by atoms with Crippen molar-refractivity contribution in [1.82, 2.24) is 9.80 Å². The van der Waals surface area contributed by atoms with Gasteiger partial charge in [-0.1, -0.05) is 42.2 Å². The molecule has 20 heavy (non-hydrogen) atoms. The van der Waals surface area contributed by atoms with Crippen molar-refractivity contribution in [3.05, 3.63) is 35.9 Å². The van der Waals surface area contributed by atoms with Crippen LogP contribution < -0.4 is 0 Å². The highest BCUT2D eigenvalue weighted by molar-refractivity contribution is 5.73. The summed E-state index contributed by atoms with van der Waals surface area (Å²) in [5.41, 5.74) is 1.14. The SMILES string of the molecule is CC(=O)N(CC#CCN1CCCC1)Cc1ccccc1. The van der Waals surface area contributed by atoms with Gasteiger partial charge in [0, 0.05) is 13.5 Å². The molecule has 1 aliphatic heterocycles. The molecule has 0 unspecified atom stereocenters. The van der Waals surface area contributed by atoms with Crippen LogP contribution in [0.2, 0.25) is 0 Å². The summed E-state index contributed by atoms with van der Waals surface area (Å²) in [7, 11) is 0. The normalized spacial score (nSPS) is 14.7. The highest BCUT2D eigenvalue weighted by Crippen LogP contribution is 2.06. The minimum absolute atomic E-state index is 0.0734. The van der Waals surface area contributed by atoms with Crippen LogP contribution in [0.1, 0.15) is 25.3 Å². The van der Waals surface area contributed by atoms with Crippen LogP contribution in [-0.2, 0) is 11.3 Å². The van der Waals surface area contributed by atoms with Gasteiger partial charge in [0.15, 0.2) is 0 Å². The molecule has 3 nitrogen and oxygen atoms in total. The lowest BCUT2D eigenvalue weighted by molar-refractivity contribution is -0.128. The molecule has 0 saturated carbocycles. The van der Waals surface area contributed by atoms with E-state index in [1.54, 1.807) is 11.8 Å². The van der Waals surface area contributed by atoms with Gasteiger partial charge in [-0.25, -0.2) is 0 Å². The second kappa shape index (κ2) is 7.72. The number of amides is 1. The first-order valence-electron chi connectivity index (χ1n) is 7.23. The first kappa shape index (κ1) is 14.6. The second-order valence-electron chi connectivity index (χ2n) is 5.20. The molecule has 0 aliphatic carbocycles. The van der Waals surface area contributed by atoms with Crippen LogP contribution in [0.15, 0.2) is 30.3 Å². The maximum Gasteiger partial charge on any atom is 0.220 e. The predicted octanol–water partition coefficient (Wildman–Crippen LogP) is 2.13. The Morgan fingerprint density at radius 1 is 1.20 bits per heavy atom. The average Bonchev–Trinajstić information content (AvgIpc) is 2.96. The van der Waals surface area contributed by atoms with Crippen molar-refractivity contribution in [2.24, 2.45) is 0 Å². The van der Waals surface area contributed by atoms with Crippen molar-refractivity contribution in [2.45, 2.75) is 26.3 Å². The molecular weight excluding hydrogens is 248 g/mol. The van der Waals surface area contributed by atoms with Crippen molar-refractivity contribution >= 4 is 5.91 Å². The molecule has 3 heteroatoms. The smallest absolute Gasteiger partial charge is 0.220 e. The summed E-state index contributed by atoms with van der Waals surface area (Å²) in [6, 6.07) is 10.0. The molecule has 0 bridgehead atoms. The molecule has 1 aliphatic rings. The number of hydrogen-bond donors (Lipinski definition) is 0. The van der Waals surface area contributed by atoms with Gasteiger partial charge in [0.2, 0.25) is 5.91 Å². The molecule has 0 N–H and O–H groups in total. The summed E-state index contributed by atoms with van der Waals surface area (Å²) in [6.45, 7) is 5.90. The van der Waals surface area contributed by atoms with Gasteiger partial charge in [-0.2, -0.15) is 0 Å². The van der Waals surface area contributed by atoms with Crippen molar-refractivity contribution in [2.75, 3.05) is 26.2 Å². The quantitative estimate of drug-likeness (QED) is 0.783. The molecule has 2 rings (SSSR count). The Bertz CT molecular complexity index is 481. The summed E-state index contributed by atoms with van der Waals surface area (Å²) in [5.74, 6) is 6.38. The van der Waals surface area contributed by atoms with Crippen LogP contribution in [-0.4, -0.2) is 41.9 Å². The van der Waals surface area contributed by atoms with Crippen molar-refractivity contribution in [3.63, 3.8) is 0 Å². The van der Waals surface area contributed by atoms with Gasteiger partial charge in [-0.15, -0.1) is 0 Å². The van der Waals surface area contributed by atoms with E-state index in [9.17, 15) is 4.79 Å². The average molecular weight is 270 g/mol. The van der Waals surface area contributed by atoms with Crippen LogP contribution in [0.4, 0.5) is 0 Å². The van der Waals surface area contributed by atoms with E-state index in [4.69, 9.17) is 0 Å². The highest BCUT2D eigenvalue weighted by atomic mass is 16.2. The van der Waals surface area contributed by atoms with Gasteiger partial charge in [-0.3, -0.25) is 9.69 Å². The molecule has 106 valence electrons. The third-order valence-corrected chi connectivity index (χ3v) is 3.56. The number of likely N-dealkylation sites (tertiary alicyclic amines) is 1. The van der Waals surface area contributed by atoms with Gasteiger partial charge < -0.3 is 4.90 Å². The Hall–Kier alpha value is -1.79. The Labute approximate surface area is 121 Å². The van der Waals surface area contributed by atoms with Gasteiger partial charge in [0.1, 0.15) is 0 Å². The Morgan fingerprint density at radius 2 is 1.90 bits per heavy atom. The first-order chi connectivity index (χ1) is 9.75. The molecule has 1 aromatic carbocycles. The minimum Gasteiger partial charge on any atom is -0.327 e. The van der Waals surface area contributed by atoms with Crippen molar-refractivity contribution in [1.29, 1.82) is 0 Å². The molecule has 0 aromatic heterocycles. The molecule has 1 fully saturated rings. The maximum absolute atomic E-state index is 11.6. The molecule has 1 heterocycles. The van der Waals surface area contributed by atoms with Gasteiger partial charge in [0.05, 0.1) is 13.1 Å². The summed E-state index contributed by atoms with van der Waals surface area (Å²) in [4.78, 5) is 15.8. The Kier molecular flexibility index (Phi) is 5.64. The van der Waals surface area contributed by atoms with Gasteiger partial charge in [-0.05, 0) is 31.5 Å². The van der Waals surface area contributed by atoms with E-state index < -0.39 is 0 Å². The topological polar surface area (TPSA) is 23.6 Å². The number of carbonyl (C=O) groups is 1. The highest BCUT2D eigenvalue weighted by Gasteiger charge is 2.09. The standard InChI is InChI=1S/C17H22N2O/c1-16(20)19(15-17-9-3-2-4-10-17)14-8-7-13-18-11-5-6-12-18/h2-4,9-10H,5-6,11-15H2,1H3. The summed E-state index contributed by atoms with van der Waals surface area (Å²) in [6.07, 6.45) is 2.57. The van der Waals surface area contributed by atoms with Crippen LogP contribution in [0, 0.1) is 11.8 Å². The third kappa shape index (κ3) is 4.71. The van der Waals surface area contributed by atoms with Crippen LogP contribution in [0.25, 0.3) is 0 Å². The lowest BCUT2D eigenvalue weighted by Crippen LogP contribution is -2.28. The predicted molar refractivity (Wildman–Crippen MR) is 81.0 cm³/mol. The zero-order valence-electron chi connectivity index (χ0n) is 12.1. The maximum atomic E-state index is 11.6. The molecule has 0 spiro atoms. The van der Waals surface area contributed by atoms with E-state index in [-0.39, 0.29) is 5.91 Å². The molecular formula is C17H22N2O. The Balaban J connectivity index is 1.83. The van der Waals surface area contributed by atoms with Gasteiger partial charge >= 0.3 is 0 Å². The van der Waals surface area contributed by atoms with E-state index in [0.29, 0.717) is 13.1 Å². The van der Waals surface area contributed by atoms with E-state index in [2.05, 4.69) is 16.7 Å². The molecule has 1 aromatic rings. The first-order valence-corrected chi connectivity index (χ1v) is 7.23. The zero-order chi connectivity index (χ0) is 14.2. The molecule has 1 amide bonds. The minimum atomic E-state index is 0.0734. The lowest BCUT2D eigenvalue weighted by Gasteiger charge is -2.18. The van der Waals surface area contributed by atoms with Crippen molar-refractivity contribution in [3.8, 4) is 11.8 Å². The van der Waals surface area contributed by atoms with Crippen LogP contribution in [0.5, 0.6) is 0 Å². The summed E-state index contributed by atoms with van der Waals surface area (Å²) >= 11 is 0. The number of hydrogen-bond acceptors (Lipinski definition) is 2. The molecule has 0 radical (unpaired) electrons. The number of rotatable bonds is 4. The Morgan fingerprint density at radius 3 is 2.55 bits per heavy atom. The largest absolute Gasteiger partial charge is 0.327 e. The fourth-order valence-electron chi connectivity index (χ4n) is 2.34.